The SMILES string of the molecule is O=C1CC[C@H](Nc2ccc(N3CCN([C@H]4CC[C@H](C(=O)NC5CCC(Nc6ncc(F)c(-c7cccc(N8CCCOC8=O)c7)n6)CC5)CC4)CC3)c(F)c2)C(=O)N1. The lowest BCUT2D eigenvalue weighted by Gasteiger charge is -2.42. The van der Waals surface area contributed by atoms with Gasteiger partial charge in [0.2, 0.25) is 23.7 Å². The standard InChI is InChI=1S/C42H51F2N9O5/c43-33-24-30(46-35-14-16-37(54)49-40(35)56)11-15-36(33)52-20-18-51(19-21-52)31-12-5-26(6-13-31)39(55)47-28-7-9-29(10-8-28)48-41-45-25-34(44)38(50-41)27-3-1-4-32(23-27)53-17-2-22-58-42(53)57/h1,3-4,11,15,23-26,28-29,31,35,46H,2,5-10,12-14,16-22H2,(H,47,55)(H,45,48,50)(H,49,54,56)/t26-,28?,29?,31-,35-/m0/s1. The van der Waals surface area contributed by atoms with Crippen molar-refractivity contribution in [3.8, 4) is 11.3 Å². The van der Waals surface area contributed by atoms with E-state index in [0.717, 1.165) is 70.9 Å². The van der Waals surface area contributed by atoms with Gasteiger partial charge in [-0.15, -0.1) is 0 Å². The van der Waals surface area contributed by atoms with Crippen molar-refractivity contribution in [2.75, 3.05) is 59.8 Å². The first kappa shape index (κ1) is 39.4. The van der Waals surface area contributed by atoms with Gasteiger partial charge in [0, 0.05) is 80.1 Å². The molecule has 4 amide bonds. The first-order valence-corrected chi connectivity index (χ1v) is 20.7. The molecule has 4 heterocycles. The Morgan fingerprint density at radius 2 is 1.60 bits per heavy atom. The van der Waals surface area contributed by atoms with Gasteiger partial charge in [-0.3, -0.25) is 29.5 Å². The second-order valence-electron chi connectivity index (χ2n) is 16.1. The van der Waals surface area contributed by atoms with Gasteiger partial charge in [0.25, 0.3) is 0 Å². The molecule has 0 radical (unpaired) electrons. The molecule has 2 saturated carbocycles. The summed E-state index contributed by atoms with van der Waals surface area (Å²) in [6.07, 6.45) is 9.00. The van der Waals surface area contributed by atoms with Crippen LogP contribution in [0.3, 0.4) is 0 Å². The zero-order valence-corrected chi connectivity index (χ0v) is 32.6. The number of carbonyl (C=O) groups is 4. The number of anilines is 4. The highest BCUT2D eigenvalue weighted by atomic mass is 19.1. The van der Waals surface area contributed by atoms with Crippen LogP contribution in [0.1, 0.15) is 70.6 Å². The number of nitrogens with zero attached hydrogens (tertiary/aromatic N) is 5. The van der Waals surface area contributed by atoms with Crippen LogP contribution in [0.4, 0.5) is 36.6 Å². The fourth-order valence-corrected chi connectivity index (χ4v) is 9.05. The molecule has 3 aromatic rings. The molecule has 16 heteroatoms. The van der Waals surface area contributed by atoms with Crippen molar-refractivity contribution in [1.29, 1.82) is 0 Å². The Morgan fingerprint density at radius 3 is 2.34 bits per heavy atom. The van der Waals surface area contributed by atoms with E-state index in [2.05, 4.69) is 41.0 Å². The average Bonchev–Trinajstić information content (AvgIpc) is 3.24. The Labute approximate surface area is 336 Å². The van der Waals surface area contributed by atoms with E-state index in [9.17, 15) is 23.6 Å². The minimum Gasteiger partial charge on any atom is -0.449 e. The Balaban J connectivity index is 0.754. The molecular weight excluding hydrogens is 749 g/mol. The maximum Gasteiger partial charge on any atom is 0.414 e. The van der Waals surface area contributed by atoms with Crippen LogP contribution in [0.25, 0.3) is 11.3 Å². The van der Waals surface area contributed by atoms with Crippen LogP contribution in [-0.2, 0) is 19.1 Å². The maximum absolute atomic E-state index is 15.2. The van der Waals surface area contributed by atoms with Crippen molar-refractivity contribution >= 4 is 46.8 Å². The lowest BCUT2D eigenvalue weighted by molar-refractivity contribution is -0.133. The van der Waals surface area contributed by atoms with Crippen LogP contribution in [-0.4, -0.2) is 102 Å². The normalized spacial score (nSPS) is 25.8. The van der Waals surface area contributed by atoms with Crippen LogP contribution in [0.15, 0.2) is 48.7 Å². The summed E-state index contributed by atoms with van der Waals surface area (Å²) in [5.41, 5.74) is 2.37. The first-order valence-electron chi connectivity index (χ1n) is 20.7. The first-order chi connectivity index (χ1) is 28.2. The molecule has 2 aromatic carbocycles. The van der Waals surface area contributed by atoms with Crippen LogP contribution < -0.4 is 31.1 Å². The Morgan fingerprint density at radius 1 is 0.828 bits per heavy atom. The molecule has 2 aliphatic carbocycles. The Hall–Kier alpha value is -5.38. The van der Waals surface area contributed by atoms with Gasteiger partial charge in [0.15, 0.2) is 5.82 Å². The summed E-state index contributed by atoms with van der Waals surface area (Å²) in [7, 11) is 0. The second kappa shape index (κ2) is 17.6. The second-order valence-corrected chi connectivity index (χ2v) is 16.1. The number of rotatable bonds is 10. The molecule has 0 spiro atoms. The van der Waals surface area contributed by atoms with E-state index in [1.807, 2.05) is 0 Å². The summed E-state index contributed by atoms with van der Waals surface area (Å²) in [5, 5.41) is 12.1. The van der Waals surface area contributed by atoms with Crippen molar-refractivity contribution in [3.63, 3.8) is 0 Å². The molecule has 8 rings (SSSR count). The molecule has 308 valence electrons. The zero-order chi connectivity index (χ0) is 40.2. The average molecular weight is 800 g/mol. The summed E-state index contributed by atoms with van der Waals surface area (Å²) in [4.78, 5) is 64.0. The number of amides is 4. The van der Waals surface area contributed by atoms with E-state index >= 15 is 4.39 Å². The third kappa shape index (κ3) is 9.16. The number of halogens is 2. The largest absolute Gasteiger partial charge is 0.449 e. The summed E-state index contributed by atoms with van der Waals surface area (Å²) < 4.78 is 35.3. The number of hydrogen-bond acceptors (Lipinski definition) is 11. The van der Waals surface area contributed by atoms with Crippen LogP contribution >= 0.6 is 0 Å². The topological polar surface area (TPSA) is 161 Å². The zero-order valence-electron chi connectivity index (χ0n) is 32.6. The number of ether oxygens (including phenoxy) is 1. The molecule has 4 N–H and O–H groups in total. The predicted molar refractivity (Wildman–Crippen MR) is 214 cm³/mol. The fraction of sp³-hybridized carbons (Fsp3) is 0.524. The van der Waals surface area contributed by atoms with Crippen LogP contribution in [0, 0.1) is 17.6 Å². The minimum absolute atomic E-state index is 0.000112. The van der Waals surface area contributed by atoms with Gasteiger partial charge in [-0.25, -0.2) is 23.5 Å². The number of piperazine rings is 1. The molecule has 14 nitrogen and oxygen atoms in total. The van der Waals surface area contributed by atoms with Crippen molar-refractivity contribution in [3.05, 3.63) is 60.3 Å². The van der Waals surface area contributed by atoms with E-state index in [4.69, 9.17) is 4.74 Å². The highest BCUT2D eigenvalue weighted by molar-refractivity contribution is 6.01. The maximum atomic E-state index is 15.2. The summed E-state index contributed by atoms with van der Waals surface area (Å²) in [5.74, 6) is -1.10. The highest BCUT2D eigenvalue weighted by Gasteiger charge is 2.33. The summed E-state index contributed by atoms with van der Waals surface area (Å²) in [6, 6.07) is 12.0. The van der Waals surface area contributed by atoms with E-state index in [1.54, 1.807) is 41.3 Å². The molecule has 3 saturated heterocycles. The van der Waals surface area contributed by atoms with Crippen molar-refractivity contribution in [2.24, 2.45) is 5.92 Å². The molecule has 1 aromatic heterocycles. The number of hydrogen-bond donors (Lipinski definition) is 4. The van der Waals surface area contributed by atoms with Crippen molar-refractivity contribution in [1.82, 2.24) is 25.5 Å². The van der Waals surface area contributed by atoms with Gasteiger partial charge in [-0.2, -0.15) is 0 Å². The molecule has 1 atom stereocenters. The smallest absolute Gasteiger partial charge is 0.414 e. The van der Waals surface area contributed by atoms with Gasteiger partial charge in [0.05, 0.1) is 18.5 Å². The molecule has 58 heavy (non-hydrogen) atoms. The molecule has 0 bridgehead atoms. The monoisotopic (exact) mass is 799 g/mol. The molecule has 5 aliphatic rings. The van der Waals surface area contributed by atoms with Gasteiger partial charge in [-0.05, 0) is 94.5 Å². The third-order valence-electron chi connectivity index (χ3n) is 12.3. The number of benzene rings is 2. The lowest BCUT2D eigenvalue weighted by atomic mass is 9.83. The quantitative estimate of drug-likeness (QED) is 0.200. The van der Waals surface area contributed by atoms with E-state index < -0.39 is 18.0 Å². The van der Waals surface area contributed by atoms with Crippen LogP contribution in [0.5, 0.6) is 0 Å². The molecular formula is C42H51F2N9O5. The Bertz CT molecular complexity index is 2000. The van der Waals surface area contributed by atoms with Gasteiger partial charge < -0.3 is 25.6 Å². The number of imide groups is 1. The number of piperidine rings is 1. The van der Waals surface area contributed by atoms with Crippen LogP contribution in [0.2, 0.25) is 0 Å². The fourth-order valence-electron chi connectivity index (χ4n) is 9.05. The number of nitrogens with one attached hydrogen (secondary N) is 4. The number of cyclic esters (lactones) is 1. The molecule has 5 fully saturated rings. The van der Waals surface area contributed by atoms with Gasteiger partial charge in [0.1, 0.15) is 17.6 Å². The van der Waals surface area contributed by atoms with Gasteiger partial charge >= 0.3 is 6.09 Å². The molecule has 3 aliphatic heterocycles. The van der Waals surface area contributed by atoms with Crippen molar-refractivity contribution in [2.45, 2.75) is 94.8 Å². The third-order valence-corrected chi connectivity index (χ3v) is 12.3. The summed E-state index contributed by atoms with van der Waals surface area (Å²) >= 11 is 0. The summed E-state index contributed by atoms with van der Waals surface area (Å²) in [6.45, 7) is 3.98. The Kier molecular flexibility index (Phi) is 12.0. The minimum atomic E-state index is -0.564. The number of aromatic nitrogens is 2. The van der Waals surface area contributed by atoms with Gasteiger partial charge in [-0.1, -0.05) is 12.1 Å². The lowest BCUT2D eigenvalue weighted by Crippen LogP contribution is -2.52. The number of carbonyl (C=O) groups excluding carboxylic acids is 4. The van der Waals surface area contributed by atoms with E-state index in [0.29, 0.717) is 67.3 Å². The predicted octanol–water partition coefficient (Wildman–Crippen LogP) is 5.21. The molecule has 0 unspecified atom stereocenters. The van der Waals surface area contributed by atoms with E-state index in [1.165, 1.54) is 12.3 Å². The highest BCUT2D eigenvalue weighted by Crippen LogP contribution is 2.32. The van der Waals surface area contributed by atoms with E-state index in [-0.39, 0.29) is 53.7 Å². The van der Waals surface area contributed by atoms with Crippen molar-refractivity contribution < 1.29 is 32.7 Å².